The van der Waals surface area contributed by atoms with Crippen LogP contribution in [0.2, 0.25) is 0 Å². The normalized spacial score (nSPS) is 10.8. The van der Waals surface area contributed by atoms with Crippen molar-refractivity contribution in [3.63, 3.8) is 0 Å². The van der Waals surface area contributed by atoms with Gasteiger partial charge < -0.3 is 5.32 Å². The van der Waals surface area contributed by atoms with E-state index in [4.69, 9.17) is 0 Å². The zero-order chi connectivity index (χ0) is 19.3. The highest BCUT2D eigenvalue weighted by Gasteiger charge is 2.15. The highest BCUT2D eigenvalue weighted by Crippen LogP contribution is 2.14. The maximum atomic E-state index is 12.6. The Kier molecular flexibility index (Phi) is 4.97. The highest BCUT2D eigenvalue weighted by atomic mass is 16.2. The number of carbonyl (C=O) groups excluding carboxylic acids is 1. The second-order valence-corrected chi connectivity index (χ2v) is 6.56. The van der Waals surface area contributed by atoms with Crippen molar-refractivity contribution in [3.8, 4) is 0 Å². The van der Waals surface area contributed by atoms with Crippen LogP contribution in [0.25, 0.3) is 0 Å². The molecule has 4 aromatic rings. The lowest BCUT2D eigenvalue weighted by Gasteiger charge is -2.08. The first kappa shape index (κ1) is 17.7. The van der Waals surface area contributed by atoms with Gasteiger partial charge in [-0.05, 0) is 18.1 Å². The van der Waals surface area contributed by atoms with E-state index < -0.39 is 0 Å². The summed E-state index contributed by atoms with van der Waals surface area (Å²) >= 11 is 0. The molecule has 0 aliphatic carbocycles. The minimum Gasteiger partial charge on any atom is -0.305 e. The highest BCUT2D eigenvalue weighted by molar-refractivity contribution is 6.02. The number of benzene rings is 2. The number of hydrogen-bond donors (Lipinski definition) is 1. The summed E-state index contributed by atoms with van der Waals surface area (Å²) in [4.78, 5) is 12.6. The summed E-state index contributed by atoms with van der Waals surface area (Å²) in [5, 5.41) is 15.4. The fourth-order valence-corrected chi connectivity index (χ4v) is 2.95. The molecular weight excluding hydrogens is 352 g/mol. The number of rotatable bonds is 6. The number of nitrogens with zero attached hydrogens (tertiary/aromatic N) is 5. The van der Waals surface area contributed by atoms with Gasteiger partial charge in [0.05, 0.1) is 25.0 Å². The predicted octanol–water partition coefficient (Wildman–Crippen LogP) is 3.13. The van der Waals surface area contributed by atoms with E-state index >= 15 is 0 Å². The van der Waals surface area contributed by atoms with Crippen molar-refractivity contribution in [1.29, 1.82) is 0 Å². The van der Waals surface area contributed by atoms with Crippen LogP contribution in [0.15, 0.2) is 72.9 Å². The van der Waals surface area contributed by atoms with E-state index in [9.17, 15) is 4.79 Å². The first-order valence-corrected chi connectivity index (χ1v) is 9.01. The Balaban J connectivity index is 1.47. The molecule has 1 amide bonds. The number of aromatic nitrogens is 5. The van der Waals surface area contributed by atoms with Gasteiger partial charge in [-0.3, -0.25) is 4.79 Å². The van der Waals surface area contributed by atoms with Crippen LogP contribution >= 0.6 is 0 Å². The molecule has 0 spiro atoms. The van der Waals surface area contributed by atoms with Crippen LogP contribution in [0.4, 0.5) is 5.82 Å². The summed E-state index contributed by atoms with van der Waals surface area (Å²) in [7, 11) is 0. The summed E-state index contributed by atoms with van der Waals surface area (Å²) in [6.45, 7) is 3.03. The number of carbonyl (C=O) groups is 1. The first-order chi connectivity index (χ1) is 13.7. The Hall–Kier alpha value is -3.74. The molecule has 0 saturated heterocycles. The van der Waals surface area contributed by atoms with Crippen LogP contribution in [0.1, 0.15) is 27.3 Å². The fraction of sp³-hybridized carbons (Fsp3) is 0.143. The van der Waals surface area contributed by atoms with E-state index in [1.54, 1.807) is 15.6 Å². The van der Waals surface area contributed by atoms with Crippen molar-refractivity contribution in [2.75, 3.05) is 5.32 Å². The lowest BCUT2D eigenvalue weighted by molar-refractivity contribution is 0.102. The maximum absolute atomic E-state index is 12.6. The van der Waals surface area contributed by atoms with Crippen molar-refractivity contribution < 1.29 is 4.79 Å². The molecule has 0 unspecified atom stereocenters. The third-order valence-electron chi connectivity index (χ3n) is 4.28. The Morgan fingerprint density at radius 1 is 0.964 bits per heavy atom. The smallest absolute Gasteiger partial charge is 0.278 e. The van der Waals surface area contributed by atoms with Crippen LogP contribution in [-0.4, -0.2) is 30.7 Å². The molecule has 0 aliphatic rings. The summed E-state index contributed by atoms with van der Waals surface area (Å²) in [6, 6.07) is 21.7. The van der Waals surface area contributed by atoms with Crippen LogP contribution in [0.5, 0.6) is 0 Å². The standard InChI is InChI=1S/C21H20N6O/c1-16-12-20(27(24-16)14-18-10-6-3-7-11-18)22-21(28)19-15-26(25-23-19)13-17-8-4-2-5-9-17/h2-12,15H,13-14H2,1H3,(H,22,28). The molecule has 2 heterocycles. The lowest BCUT2D eigenvalue weighted by atomic mass is 10.2. The van der Waals surface area contributed by atoms with Gasteiger partial charge in [0.2, 0.25) is 0 Å². The fourth-order valence-electron chi connectivity index (χ4n) is 2.95. The van der Waals surface area contributed by atoms with Gasteiger partial charge in [0.15, 0.2) is 5.69 Å². The number of hydrogen-bond acceptors (Lipinski definition) is 4. The lowest BCUT2D eigenvalue weighted by Crippen LogP contribution is -2.16. The molecule has 28 heavy (non-hydrogen) atoms. The molecule has 7 heteroatoms. The molecule has 1 N–H and O–H groups in total. The maximum Gasteiger partial charge on any atom is 0.278 e. The number of amides is 1. The zero-order valence-corrected chi connectivity index (χ0v) is 15.5. The van der Waals surface area contributed by atoms with E-state index in [2.05, 4.69) is 20.7 Å². The SMILES string of the molecule is Cc1cc(NC(=O)c2cn(Cc3ccccc3)nn2)n(Cc2ccccc2)n1. The Labute approximate surface area is 162 Å². The van der Waals surface area contributed by atoms with E-state index in [0.29, 0.717) is 18.9 Å². The molecule has 0 radical (unpaired) electrons. The van der Waals surface area contributed by atoms with Gasteiger partial charge >= 0.3 is 0 Å². The molecule has 4 rings (SSSR count). The number of anilines is 1. The molecular formula is C21H20N6O. The number of aryl methyl sites for hydroxylation is 1. The van der Waals surface area contributed by atoms with Crippen LogP contribution in [0, 0.1) is 6.92 Å². The van der Waals surface area contributed by atoms with Gasteiger partial charge in [-0.15, -0.1) is 5.10 Å². The number of nitrogens with one attached hydrogen (secondary N) is 1. The van der Waals surface area contributed by atoms with Crippen LogP contribution in [-0.2, 0) is 13.1 Å². The van der Waals surface area contributed by atoms with Gasteiger partial charge in [-0.2, -0.15) is 5.10 Å². The van der Waals surface area contributed by atoms with Crippen molar-refractivity contribution in [2.24, 2.45) is 0 Å². The molecule has 0 fully saturated rings. The van der Waals surface area contributed by atoms with Gasteiger partial charge in [0.25, 0.3) is 5.91 Å². The molecule has 2 aromatic carbocycles. The van der Waals surface area contributed by atoms with E-state index in [0.717, 1.165) is 16.8 Å². The first-order valence-electron chi connectivity index (χ1n) is 9.01. The average Bonchev–Trinajstić information content (AvgIpc) is 3.30. The van der Waals surface area contributed by atoms with Crippen molar-refractivity contribution in [1.82, 2.24) is 24.8 Å². The minimum atomic E-state index is -0.312. The van der Waals surface area contributed by atoms with Crippen LogP contribution in [0.3, 0.4) is 0 Å². The third kappa shape index (κ3) is 4.15. The summed E-state index contributed by atoms with van der Waals surface area (Å²) < 4.78 is 3.42. The topological polar surface area (TPSA) is 77.6 Å². The third-order valence-corrected chi connectivity index (χ3v) is 4.28. The molecule has 2 aromatic heterocycles. The Morgan fingerprint density at radius 2 is 1.61 bits per heavy atom. The second kappa shape index (κ2) is 7.87. The Bertz CT molecular complexity index is 1070. The van der Waals surface area contributed by atoms with Gasteiger partial charge in [-0.25, -0.2) is 9.36 Å². The summed E-state index contributed by atoms with van der Waals surface area (Å²) in [5.41, 5.74) is 3.30. The van der Waals surface area contributed by atoms with Crippen molar-refractivity contribution in [3.05, 3.63) is 95.4 Å². The summed E-state index contributed by atoms with van der Waals surface area (Å²) in [5.74, 6) is 0.317. The van der Waals surface area contributed by atoms with Crippen molar-refractivity contribution >= 4 is 11.7 Å². The molecule has 0 aliphatic heterocycles. The summed E-state index contributed by atoms with van der Waals surface area (Å²) in [6.07, 6.45) is 1.65. The zero-order valence-electron chi connectivity index (χ0n) is 15.5. The predicted molar refractivity (Wildman–Crippen MR) is 106 cm³/mol. The molecule has 7 nitrogen and oxygen atoms in total. The van der Waals surface area contributed by atoms with E-state index in [1.165, 1.54) is 0 Å². The van der Waals surface area contributed by atoms with E-state index in [-0.39, 0.29) is 11.6 Å². The second-order valence-electron chi connectivity index (χ2n) is 6.56. The minimum absolute atomic E-state index is 0.265. The Morgan fingerprint density at radius 3 is 2.29 bits per heavy atom. The van der Waals surface area contributed by atoms with Crippen LogP contribution < -0.4 is 5.32 Å². The van der Waals surface area contributed by atoms with Gasteiger partial charge in [0, 0.05) is 6.07 Å². The van der Waals surface area contributed by atoms with E-state index in [1.807, 2.05) is 73.7 Å². The van der Waals surface area contributed by atoms with Gasteiger partial charge in [0.1, 0.15) is 5.82 Å². The largest absolute Gasteiger partial charge is 0.305 e. The quantitative estimate of drug-likeness (QED) is 0.564. The average molecular weight is 372 g/mol. The molecule has 0 saturated carbocycles. The molecule has 140 valence electrons. The van der Waals surface area contributed by atoms with Crippen molar-refractivity contribution in [2.45, 2.75) is 20.0 Å². The molecule has 0 bridgehead atoms. The monoisotopic (exact) mass is 372 g/mol. The van der Waals surface area contributed by atoms with Gasteiger partial charge in [-0.1, -0.05) is 65.9 Å². The molecule has 0 atom stereocenters.